The number of nitrogens with one attached hydrogen (secondary N) is 1. The molecule has 0 aliphatic carbocycles. The number of para-hydroxylation sites is 1. The molecule has 0 saturated heterocycles. The van der Waals surface area contributed by atoms with Crippen LogP contribution >= 0.6 is 0 Å². The van der Waals surface area contributed by atoms with Gasteiger partial charge in [-0.05, 0) is 17.7 Å². The summed E-state index contributed by atoms with van der Waals surface area (Å²) in [5, 5.41) is 12.1. The zero-order valence-electron chi connectivity index (χ0n) is 11.5. The molecule has 0 aromatic heterocycles. The molecular formula is C17H15NO3. The second-order valence-corrected chi connectivity index (χ2v) is 4.50. The molecule has 2 N–H and O–H groups in total. The smallest absolute Gasteiger partial charge is 0.336 e. The fourth-order valence-corrected chi connectivity index (χ4v) is 1.99. The first-order valence-electron chi connectivity index (χ1n) is 6.45. The lowest BCUT2D eigenvalue weighted by atomic mass is 10.0. The Bertz CT molecular complexity index is 690. The standard InChI is InChI=1S/C17H15NO3/c1-12(19)18-16-10-6-5-9-14(16)15(17(20)21)11-13-7-3-2-4-8-13/h2-11H,1H3,(H,18,19)(H,20,21)/b15-11-. The summed E-state index contributed by atoms with van der Waals surface area (Å²) in [5.41, 5.74) is 1.87. The van der Waals surface area contributed by atoms with Gasteiger partial charge in [0.1, 0.15) is 0 Å². The summed E-state index contributed by atoms with van der Waals surface area (Å²) < 4.78 is 0. The van der Waals surface area contributed by atoms with Gasteiger partial charge in [-0.1, -0.05) is 48.5 Å². The van der Waals surface area contributed by atoms with Crippen molar-refractivity contribution in [1.82, 2.24) is 0 Å². The van der Waals surface area contributed by atoms with Crippen molar-refractivity contribution in [2.24, 2.45) is 0 Å². The van der Waals surface area contributed by atoms with E-state index in [9.17, 15) is 14.7 Å². The highest BCUT2D eigenvalue weighted by atomic mass is 16.4. The predicted octanol–water partition coefficient (Wildman–Crippen LogP) is 3.27. The number of benzene rings is 2. The van der Waals surface area contributed by atoms with Gasteiger partial charge in [0.15, 0.2) is 0 Å². The van der Waals surface area contributed by atoms with Crippen LogP contribution in [0.4, 0.5) is 5.69 Å². The minimum atomic E-state index is -1.04. The molecule has 0 heterocycles. The number of hydrogen-bond acceptors (Lipinski definition) is 2. The average molecular weight is 281 g/mol. The first-order chi connectivity index (χ1) is 10.1. The predicted molar refractivity (Wildman–Crippen MR) is 82.7 cm³/mol. The van der Waals surface area contributed by atoms with Crippen LogP contribution in [-0.4, -0.2) is 17.0 Å². The van der Waals surface area contributed by atoms with Gasteiger partial charge in [-0.15, -0.1) is 0 Å². The summed E-state index contributed by atoms with van der Waals surface area (Å²) in [6.07, 6.45) is 1.59. The van der Waals surface area contributed by atoms with E-state index in [1.807, 2.05) is 30.3 Å². The molecule has 0 aliphatic rings. The molecule has 0 bridgehead atoms. The molecule has 2 rings (SSSR count). The van der Waals surface area contributed by atoms with Crippen LogP contribution in [0.25, 0.3) is 11.6 Å². The number of amides is 1. The van der Waals surface area contributed by atoms with Gasteiger partial charge >= 0.3 is 5.97 Å². The van der Waals surface area contributed by atoms with Crippen molar-refractivity contribution in [2.75, 3.05) is 5.32 Å². The van der Waals surface area contributed by atoms with Gasteiger partial charge in [0.05, 0.1) is 5.57 Å². The molecule has 0 aliphatic heterocycles. The molecule has 0 saturated carbocycles. The summed E-state index contributed by atoms with van der Waals surface area (Å²) in [4.78, 5) is 22.8. The van der Waals surface area contributed by atoms with E-state index in [4.69, 9.17) is 0 Å². The Labute approximate surface area is 122 Å². The van der Waals surface area contributed by atoms with E-state index in [-0.39, 0.29) is 11.5 Å². The highest BCUT2D eigenvalue weighted by Crippen LogP contribution is 2.26. The van der Waals surface area contributed by atoms with Gasteiger partial charge in [-0.25, -0.2) is 4.79 Å². The van der Waals surface area contributed by atoms with Crippen molar-refractivity contribution in [3.8, 4) is 0 Å². The Hall–Kier alpha value is -2.88. The Morgan fingerprint density at radius 1 is 1.00 bits per heavy atom. The van der Waals surface area contributed by atoms with Gasteiger partial charge in [0.25, 0.3) is 0 Å². The zero-order chi connectivity index (χ0) is 15.2. The van der Waals surface area contributed by atoms with E-state index >= 15 is 0 Å². The minimum absolute atomic E-state index is 0.130. The lowest BCUT2D eigenvalue weighted by Gasteiger charge is -2.10. The quantitative estimate of drug-likeness (QED) is 0.667. The molecule has 0 unspecified atom stereocenters. The number of hydrogen-bond donors (Lipinski definition) is 2. The maximum absolute atomic E-state index is 11.6. The van der Waals surface area contributed by atoms with E-state index < -0.39 is 5.97 Å². The number of carboxylic acid groups (broad SMARTS) is 1. The van der Waals surface area contributed by atoms with Crippen LogP contribution in [0.1, 0.15) is 18.1 Å². The summed E-state index contributed by atoms with van der Waals surface area (Å²) in [5.74, 6) is -1.29. The lowest BCUT2D eigenvalue weighted by Crippen LogP contribution is -2.10. The summed E-state index contributed by atoms with van der Waals surface area (Å²) in [7, 11) is 0. The largest absolute Gasteiger partial charge is 0.478 e. The Balaban J connectivity index is 2.52. The first-order valence-corrected chi connectivity index (χ1v) is 6.45. The number of carbonyl (C=O) groups excluding carboxylic acids is 1. The molecular weight excluding hydrogens is 266 g/mol. The molecule has 1 amide bonds. The number of rotatable bonds is 4. The van der Waals surface area contributed by atoms with E-state index in [2.05, 4.69) is 5.32 Å². The molecule has 0 fully saturated rings. The fourth-order valence-electron chi connectivity index (χ4n) is 1.99. The topological polar surface area (TPSA) is 66.4 Å². The van der Waals surface area contributed by atoms with Crippen LogP contribution in [0.2, 0.25) is 0 Å². The van der Waals surface area contributed by atoms with Crippen molar-refractivity contribution in [3.63, 3.8) is 0 Å². The summed E-state index contributed by atoms with van der Waals surface area (Å²) >= 11 is 0. The molecule has 4 nitrogen and oxygen atoms in total. The monoisotopic (exact) mass is 281 g/mol. The third-order valence-corrected chi connectivity index (χ3v) is 2.87. The van der Waals surface area contributed by atoms with E-state index in [1.165, 1.54) is 6.92 Å². The van der Waals surface area contributed by atoms with Crippen molar-refractivity contribution in [1.29, 1.82) is 0 Å². The van der Waals surface area contributed by atoms with Crippen molar-refractivity contribution >= 4 is 29.2 Å². The van der Waals surface area contributed by atoms with Crippen LogP contribution in [-0.2, 0) is 9.59 Å². The second kappa shape index (κ2) is 6.52. The van der Waals surface area contributed by atoms with E-state index in [0.29, 0.717) is 11.3 Å². The number of anilines is 1. The van der Waals surface area contributed by atoms with Crippen LogP contribution in [0.15, 0.2) is 54.6 Å². The molecule has 0 radical (unpaired) electrons. The second-order valence-electron chi connectivity index (χ2n) is 4.50. The van der Waals surface area contributed by atoms with Gasteiger partial charge in [0.2, 0.25) is 5.91 Å². The fraction of sp³-hybridized carbons (Fsp3) is 0.0588. The molecule has 4 heteroatoms. The number of carbonyl (C=O) groups is 2. The third-order valence-electron chi connectivity index (χ3n) is 2.87. The van der Waals surface area contributed by atoms with Crippen molar-refractivity contribution in [2.45, 2.75) is 6.92 Å². The lowest BCUT2D eigenvalue weighted by molar-refractivity contribution is -0.130. The Morgan fingerprint density at radius 3 is 2.24 bits per heavy atom. The van der Waals surface area contributed by atoms with Crippen LogP contribution in [0.5, 0.6) is 0 Å². The zero-order valence-corrected chi connectivity index (χ0v) is 11.5. The highest BCUT2D eigenvalue weighted by molar-refractivity contribution is 6.22. The Morgan fingerprint density at radius 2 is 1.62 bits per heavy atom. The SMILES string of the molecule is CC(=O)Nc1ccccc1/C(=C/c1ccccc1)C(=O)O. The molecule has 0 atom stereocenters. The van der Waals surface area contributed by atoms with Crippen LogP contribution < -0.4 is 5.32 Å². The molecule has 106 valence electrons. The van der Waals surface area contributed by atoms with Gasteiger partial charge in [-0.3, -0.25) is 4.79 Å². The molecule has 2 aromatic rings. The van der Waals surface area contributed by atoms with E-state index in [0.717, 1.165) is 5.56 Å². The van der Waals surface area contributed by atoms with E-state index in [1.54, 1.807) is 30.3 Å². The maximum Gasteiger partial charge on any atom is 0.336 e. The number of carboxylic acids is 1. The van der Waals surface area contributed by atoms with Crippen molar-refractivity contribution < 1.29 is 14.7 Å². The summed E-state index contributed by atoms with van der Waals surface area (Å²) in [6, 6.07) is 16.0. The van der Waals surface area contributed by atoms with Crippen LogP contribution in [0.3, 0.4) is 0 Å². The first kappa shape index (κ1) is 14.5. The van der Waals surface area contributed by atoms with Gasteiger partial charge in [0, 0.05) is 18.2 Å². The number of aliphatic carboxylic acids is 1. The highest BCUT2D eigenvalue weighted by Gasteiger charge is 2.14. The Kier molecular flexibility index (Phi) is 4.51. The minimum Gasteiger partial charge on any atom is -0.478 e. The third kappa shape index (κ3) is 3.79. The summed E-state index contributed by atoms with van der Waals surface area (Å²) in [6.45, 7) is 1.39. The molecule has 0 spiro atoms. The van der Waals surface area contributed by atoms with Crippen LogP contribution in [0, 0.1) is 0 Å². The molecule has 21 heavy (non-hydrogen) atoms. The van der Waals surface area contributed by atoms with Gasteiger partial charge < -0.3 is 10.4 Å². The van der Waals surface area contributed by atoms with Gasteiger partial charge in [-0.2, -0.15) is 0 Å². The normalized spacial score (nSPS) is 11.0. The average Bonchev–Trinajstić information content (AvgIpc) is 2.46. The maximum atomic E-state index is 11.6. The van der Waals surface area contributed by atoms with Crippen molar-refractivity contribution in [3.05, 3.63) is 65.7 Å². The molecule has 2 aromatic carbocycles.